The number of hydrogen-bond donors (Lipinski definition) is 0. The second-order valence-corrected chi connectivity index (χ2v) is 5.65. The molecule has 0 saturated heterocycles. The molecule has 1 aromatic heterocycles. The van der Waals surface area contributed by atoms with Crippen molar-refractivity contribution in [1.29, 1.82) is 0 Å². The molecule has 0 nitrogen and oxygen atoms in total. The molecule has 2 aromatic carbocycles. The van der Waals surface area contributed by atoms with Gasteiger partial charge in [-0.3, -0.25) is 0 Å². The molecule has 0 fully saturated rings. The molecule has 0 aliphatic carbocycles. The van der Waals surface area contributed by atoms with Gasteiger partial charge < -0.3 is 0 Å². The number of benzene rings is 2. The van der Waals surface area contributed by atoms with Crippen LogP contribution >= 0.6 is 11.3 Å². The van der Waals surface area contributed by atoms with E-state index in [1.165, 1.54) is 10.9 Å². The summed E-state index contributed by atoms with van der Waals surface area (Å²) in [7, 11) is 0. The summed E-state index contributed by atoms with van der Waals surface area (Å²) in [6.45, 7) is 1.98. The molecule has 0 radical (unpaired) electrons. The van der Waals surface area contributed by atoms with Crippen LogP contribution in [0.4, 0.5) is 8.78 Å². The second-order valence-electron chi connectivity index (χ2n) is 4.53. The Balaban J connectivity index is 2.09. The standard InChI is InChI=1S/C17H12F2S/c1-2-3-14-8-13-5-4-12(10-17(13)20-14)11-6-7-15(18)16(19)9-11/h2-10H,1H3/b3-2+. The van der Waals surface area contributed by atoms with Gasteiger partial charge in [0.1, 0.15) is 0 Å². The molecule has 0 aliphatic rings. The lowest BCUT2D eigenvalue weighted by Gasteiger charge is -2.02. The Labute approximate surface area is 120 Å². The van der Waals surface area contributed by atoms with Crippen molar-refractivity contribution in [2.24, 2.45) is 0 Å². The van der Waals surface area contributed by atoms with E-state index in [0.717, 1.165) is 21.7 Å². The Morgan fingerprint density at radius 2 is 1.65 bits per heavy atom. The molecule has 20 heavy (non-hydrogen) atoms. The highest BCUT2D eigenvalue weighted by Gasteiger charge is 2.06. The van der Waals surface area contributed by atoms with Gasteiger partial charge in [0.25, 0.3) is 0 Å². The van der Waals surface area contributed by atoms with Gasteiger partial charge in [-0.2, -0.15) is 0 Å². The van der Waals surface area contributed by atoms with Crippen molar-refractivity contribution in [3.63, 3.8) is 0 Å². The van der Waals surface area contributed by atoms with Crippen molar-refractivity contribution in [2.45, 2.75) is 6.92 Å². The first-order valence-electron chi connectivity index (χ1n) is 6.29. The van der Waals surface area contributed by atoms with Crippen LogP contribution < -0.4 is 0 Å². The van der Waals surface area contributed by atoms with Crippen molar-refractivity contribution >= 4 is 27.5 Å². The minimum atomic E-state index is -0.818. The quantitative estimate of drug-likeness (QED) is 0.552. The van der Waals surface area contributed by atoms with Gasteiger partial charge in [-0.1, -0.05) is 24.3 Å². The molecule has 1 heterocycles. The van der Waals surface area contributed by atoms with Crippen molar-refractivity contribution in [3.05, 3.63) is 65.1 Å². The molecule has 3 heteroatoms. The summed E-state index contributed by atoms with van der Waals surface area (Å²) >= 11 is 1.68. The van der Waals surface area contributed by atoms with E-state index in [4.69, 9.17) is 0 Å². The zero-order valence-corrected chi connectivity index (χ0v) is 11.7. The summed E-state index contributed by atoms with van der Waals surface area (Å²) in [6.07, 6.45) is 4.06. The minimum Gasteiger partial charge on any atom is -0.204 e. The van der Waals surface area contributed by atoms with Crippen LogP contribution in [0.15, 0.2) is 48.5 Å². The first-order valence-corrected chi connectivity index (χ1v) is 7.11. The fourth-order valence-electron chi connectivity index (χ4n) is 2.15. The smallest absolute Gasteiger partial charge is 0.159 e. The van der Waals surface area contributed by atoms with E-state index >= 15 is 0 Å². The van der Waals surface area contributed by atoms with Gasteiger partial charge in [-0.15, -0.1) is 11.3 Å². The maximum atomic E-state index is 13.3. The molecule has 3 aromatic rings. The maximum absolute atomic E-state index is 13.3. The van der Waals surface area contributed by atoms with Crippen LogP contribution in [0.1, 0.15) is 11.8 Å². The Kier molecular flexibility index (Phi) is 3.36. The summed E-state index contributed by atoms with van der Waals surface area (Å²) < 4.78 is 27.4. The highest BCUT2D eigenvalue weighted by molar-refractivity contribution is 7.19. The van der Waals surface area contributed by atoms with E-state index < -0.39 is 11.6 Å². The van der Waals surface area contributed by atoms with Gasteiger partial charge in [0.2, 0.25) is 0 Å². The molecule has 0 saturated carbocycles. The summed E-state index contributed by atoms with van der Waals surface area (Å²) in [4.78, 5) is 1.19. The van der Waals surface area contributed by atoms with E-state index in [1.807, 2.05) is 31.2 Å². The van der Waals surface area contributed by atoms with E-state index in [2.05, 4.69) is 12.1 Å². The molecule has 0 atom stereocenters. The number of halogens is 2. The third-order valence-corrected chi connectivity index (χ3v) is 4.19. The first kappa shape index (κ1) is 13.0. The third-order valence-electron chi connectivity index (χ3n) is 3.12. The van der Waals surface area contributed by atoms with Crippen LogP contribution in [0.3, 0.4) is 0 Å². The average molecular weight is 286 g/mol. The van der Waals surface area contributed by atoms with Gasteiger partial charge in [0.15, 0.2) is 11.6 Å². The number of rotatable bonds is 2. The molecule has 100 valence electrons. The van der Waals surface area contributed by atoms with Crippen molar-refractivity contribution in [1.82, 2.24) is 0 Å². The summed E-state index contributed by atoms with van der Waals surface area (Å²) in [6, 6.07) is 12.1. The van der Waals surface area contributed by atoms with E-state index in [1.54, 1.807) is 17.4 Å². The SMILES string of the molecule is C/C=C/c1cc2ccc(-c3ccc(F)c(F)c3)cc2s1. The van der Waals surface area contributed by atoms with Crippen molar-refractivity contribution < 1.29 is 8.78 Å². The van der Waals surface area contributed by atoms with Crippen LogP contribution in [-0.2, 0) is 0 Å². The fourth-order valence-corrected chi connectivity index (χ4v) is 3.23. The number of fused-ring (bicyclic) bond motifs is 1. The van der Waals surface area contributed by atoms with E-state index in [-0.39, 0.29) is 0 Å². The van der Waals surface area contributed by atoms with Crippen molar-refractivity contribution in [3.8, 4) is 11.1 Å². The minimum absolute atomic E-state index is 0.687. The largest absolute Gasteiger partial charge is 0.204 e. The van der Waals surface area contributed by atoms with Gasteiger partial charge in [0, 0.05) is 9.58 Å². The lowest BCUT2D eigenvalue weighted by Crippen LogP contribution is -1.85. The van der Waals surface area contributed by atoms with Crippen LogP contribution in [0.2, 0.25) is 0 Å². The monoisotopic (exact) mass is 286 g/mol. The topological polar surface area (TPSA) is 0 Å². The number of allylic oxidation sites excluding steroid dienone is 1. The van der Waals surface area contributed by atoms with Crippen LogP contribution in [0.5, 0.6) is 0 Å². The summed E-state index contributed by atoms with van der Waals surface area (Å²) in [5.41, 5.74) is 1.58. The molecular weight excluding hydrogens is 274 g/mol. The normalized spacial score (nSPS) is 11.6. The highest BCUT2D eigenvalue weighted by Crippen LogP contribution is 2.31. The molecule has 0 aliphatic heterocycles. The Morgan fingerprint density at radius 3 is 2.40 bits per heavy atom. The summed E-state index contributed by atoms with van der Waals surface area (Å²) in [5.74, 6) is -1.63. The molecule has 0 amide bonds. The predicted molar refractivity (Wildman–Crippen MR) is 81.9 cm³/mol. The number of hydrogen-bond acceptors (Lipinski definition) is 1. The van der Waals surface area contributed by atoms with Gasteiger partial charge >= 0.3 is 0 Å². The van der Waals surface area contributed by atoms with Gasteiger partial charge in [-0.05, 0) is 53.8 Å². The van der Waals surface area contributed by atoms with Gasteiger partial charge in [-0.25, -0.2) is 8.78 Å². The lowest BCUT2D eigenvalue weighted by molar-refractivity contribution is 0.509. The fraction of sp³-hybridized carbons (Fsp3) is 0.0588. The Hall–Kier alpha value is -2.00. The van der Waals surface area contributed by atoms with Gasteiger partial charge in [0.05, 0.1) is 0 Å². The first-order chi connectivity index (χ1) is 9.67. The average Bonchev–Trinajstić information content (AvgIpc) is 2.83. The zero-order chi connectivity index (χ0) is 14.1. The zero-order valence-electron chi connectivity index (χ0n) is 10.9. The summed E-state index contributed by atoms with van der Waals surface area (Å²) in [5, 5.41) is 1.16. The van der Waals surface area contributed by atoms with E-state index in [0.29, 0.717) is 5.56 Å². The molecule has 0 bridgehead atoms. The maximum Gasteiger partial charge on any atom is 0.159 e. The Bertz CT molecular complexity index is 800. The van der Waals surface area contributed by atoms with E-state index in [9.17, 15) is 8.78 Å². The molecule has 0 unspecified atom stereocenters. The second kappa shape index (κ2) is 5.17. The lowest BCUT2D eigenvalue weighted by atomic mass is 10.0. The predicted octanol–water partition coefficient (Wildman–Crippen LogP) is 5.88. The van der Waals surface area contributed by atoms with Crippen LogP contribution in [0.25, 0.3) is 27.3 Å². The van der Waals surface area contributed by atoms with Crippen molar-refractivity contribution in [2.75, 3.05) is 0 Å². The molecular formula is C17H12F2S. The molecule has 0 spiro atoms. The Morgan fingerprint density at radius 1 is 0.900 bits per heavy atom. The number of thiophene rings is 1. The molecule has 3 rings (SSSR count). The van der Waals surface area contributed by atoms with Crippen LogP contribution in [-0.4, -0.2) is 0 Å². The van der Waals surface area contributed by atoms with Crippen LogP contribution in [0, 0.1) is 11.6 Å². The third kappa shape index (κ3) is 2.37. The molecule has 0 N–H and O–H groups in total. The highest BCUT2D eigenvalue weighted by atomic mass is 32.1.